The highest BCUT2D eigenvalue weighted by molar-refractivity contribution is 7.99. The Balaban J connectivity index is 1.97. The standard InChI is InChI=1S/C10H16N6S/c1-12-8(6-11)7-17-10-13-14-15-16(10)9-4-2-3-5-9/h8-9,12H,2-5,7H2,1H3. The first kappa shape index (κ1) is 12.3. The van der Waals surface area contributed by atoms with Crippen LogP contribution in [0.3, 0.4) is 0 Å². The average molecular weight is 252 g/mol. The molecule has 1 aromatic rings. The fourth-order valence-corrected chi connectivity index (χ4v) is 2.97. The number of aromatic nitrogens is 4. The first-order chi connectivity index (χ1) is 8.35. The molecule has 1 atom stereocenters. The Labute approximate surface area is 105 Å². The number of nitrogens with one attached hydrogen (secondary N) is 1. The Morgan fingerprint density at radius 1 is 1.59 bits per heavy atom. The van der Waals surface area contributed by atoms with Gasteiger partial charge in [0.2, 0.25) is 5.16 Å². The van der Waals surface area contributed by atoms with Crippen LogP contribution in [-0.4, -0.2) is 39.0 Å². The van der Waals surface area contributed by atoms with E-state index in [2.05, 4.69) is 26.9 Å². The summed E-state index contributed by atoms with van der Waals surface area (Å²) in [5.74, 6) is 0.667. The Bertz CT molecular complexity index is 392. The van der Waals surface area contributed by atoms with Crippen molar-refractivity contribution in [1.29, 1.82) is 5.26 Å². The second kappa shape index (κ2) is 5.98. The van der Waals surface area contributed by atoms with Gasteiger partial charge >= 0.3 is 0 Å². The number of nitriles is 1. The quantitative estimate of drug-likeness (QED) is 0.787. The van der Waals surface area contributed by atoms with Gasteiger partial charge in [0.25, 0.3) is 0 Å². The Hall–Kier alpha value is -1.13. The molecule has 1 aromatic heterocycles. The van der Waals surface area contributed by atoms with Crippen molar-refractivity contribution in [1.82, 2.24) is 25.5 Å². The number of hydrogen-bond acceptors (Lipinski definition) is 6. The largest absolute Gasteiger partial charge is 0.304 e. The van der Waals surface area contributed by atoms with Gasteiger partial charge < -0.3 is 5.32 Å². The maximum Gasteiger partial charge on any atom is 0.209 e. The molecule has 0 radical (unpaired) electrons. The van der Waals surface area contributed by atoms with Crippen LogP contribution in [0.2, 0.25) is 0 Å². The van der Waals surface area contributed by atoms with Crippen molar-refractivity contribution in [3.05, 3.63) is 0 Å². The van der Waals surface area contributed by atoms with Crippen molar-refractivity contribution in [2.75, 3.05) is 12.8 Å². The minimum Gasteiger partial charge on any atom is -0.304 e. The van der Waals surface area contributed by atoms with Gasteiger partial charge in [-0.1, -0.05) is 24.6 Å². The van der Waals surface area contributed by atoms with E-state index >= 15 is 0 Å². The molecular formula is C10H16N6S. The number of rotatable bonds is 5. The van der Waals surface area contributed by atoms with Gasteiger partial charge in [-0.2, -0.15) is 5.26 Å². The van der Waals surface area contributed by atoms with E-state index in [0.717, 1.165) is 18.0 Å². The van der Waals surface area contributed by atoms with E-state index in [1.165, 1.54) is 24.6 Å². The molecule has 92 valence electrons. The van der Waals surface area contributed by atoms with E-state index in [9.17, 15) is 0 Å². The molecule has 1 fully saturated rings. The monoisotopic (exact) mass is 252 g/mol. The van der Waals surface area contributed by atoms with E-state index < -0.39 is 0 Å². The Morgan fingerprint density at radius 2 is 2.35 bits per heavy atom. The van der Waals surface area contributed by atoms with Crippen LogP contribution in [0, 0.1) is 11.3 Å². The smallest absolute Gasteiger partial charge is 0.209 e. The first-order valence-corrected chi connectivity index (χ1v) is 6.81. The molecule has 0 spiro atoms. The van der Waals surface area contributed by atoms with Crippen LogP contribution in [0.1, 0.15) is 31.7 Å². The summed E-state index contributed by atoms with van der Waals surface area (Å²) in [6.45, 7) is 0. The molecule has 17 heavy (non-hydrogen) atoms. The molecule has 0 aromatic carbocycles. The summed E-state index contributed by atoms with van der Waals surface area (Å²) in [6.07, 6.45) is 4.83. The summed E-state index contributed by atoms with van der Waals surface area (Å²) in [5, 5.41) is 24.4. The highest BCUT2D eigenvalue weighted by Crippen LogP contribution is 2.31. The van der Waals surface area contributed by atoms with Gasteiger partial charge in [-0.05, 0) is 30.3 Å². The maximum absolute atomic E-state index is 8.85. The third kappa shape index (κ3) is 2.96. The van der Waals surface area contributed by atoms with Gasteiger partial charge in [0.15, 0.2) is 0 Å². The molecule has 0 saturated heterocycles. The zero-order valence-electron chi connectivity index (χ0n) is 9.83. The Morgan fingerprint density at radius 3 is 3.00 bits per heavy atom. The third-order valence-corrected chi connectivity index (χ3v) is 4.04. The predicted octanol–water partition coefficient (Wildman–Crippen LogP) is 0.992. The number of thioether (sulfide) groups is 1. The molecule has 1 saturated carbocycles. The van der Waals surface area contributed by atoms with Gasteiger partial charge in [0.1, 0.15) is 6.04 Å². The number of tetrazole rings is 1. The van der Waals surface area contributed by atoms with E-state index in [1.807, 2.05) is 4.68 Å². The molecule has 1 aliphatic rings. The lowest BCUT2D eigenvalue weighted by Gasteiger charge is -2.11. The van der Waals surface area contributed by atoms with E-state index in [-0.39, 0.29) is 6.04 Å². The zero-order chi connectivity index (χ0) is 12.1. The SMILES string of the molecule is CNC(C#N)CSc1nnnn1C1CCCC1. The fraction of sp³-hybridized carbons (Fsp3) is 0.800. The van der Waals surface area contributed by atoms with Crippen LogP contribution in [-0.2, 0) is 0 Å². The summed E-state index contributed by atoms with van der Waals surface area (Å²) in [6, 6.07) is 2.48. The summed E-state index contributed by atoms with van der Waals surface area (Å²) >= 11 is 1.54. The van der Waals surface area contributed by atoms with Crippen molar-refractivity contribution in [2.24, 2.45) is 0 Å². The van der Waals surface area contributed by atoms with E-state index in [1.54, 1.807) is 7.05 Å². The maximum atomic E-state index is 8.85. The van der Waals surface area contributed by atoms with Crippen LogP contribution >= 0.6 is 11.8 Å². The van der Waals surface area contributed by atoms with Gasteiger partial charge in [-0.25, -0.2) is 4.68 Å². The molecule has 0 amide bonds. The molecule has 1 N–H and O–H groups in total. The lowest BCUT2D eigenvalue weighted by Crippen LogP contribution is -2.25. The van der Waals surface area contributed by atoms with Gasteiger partial charge in [0.05, 0.1) is 12.1 Å². The highest BCUT2D eigenvalue weighted by Gasteiger charge is 2.22. The van der Waals surface area contributed by atoms with Gasteiger partial charge in [-0.3, -0.25) is 0 Å². The van der Waals surface area contributed by atoms with Crippen LogP contribution < -0.4 is 5.32 Å². The summed E-state index contributed by atoms with van der Waals surface area (Å²) in [4.78, 5) is 0. The van der Waals surface area contributed by atoms with Crippen LogP contribution in [0.15, 0.2) is 5.16 Å². The molecule has 1 unspecified atom stereocenters. The van der Waals surface area contributed by atoms with Crippen molar-refractivity contribution in [3.63, 3.8) is 0 Å². The predicted molar refractivity (Wildman–Crippen MR) is 64.5 cm³/mol. The lowest BCUT2D eigenvalue weighted by molar-refractivity contribution is 0.423. The Kier molecular flexibility index (Phi) is 4.34. The normalized spacial score (nSPS) is 18.1. The minimum absolute atomic E-state index is 0.159. The van der Waals surface area contributed by atoms with Crippen molar-refractivity contribution < 1.29 is 0 Å². The highest BCUT2D eigenvalue weighted by atomic mass is 32.2. The van der Waals surface area contributed by atoms with Crippen LogP contribution in [0.25, 0.3) is 0 Å². The van der Waals surface area contributed by atoms with Crippen molar-refractivity contribution in [3.8, 4) is 6.07 Å². The molecule has 1 heterocycles. The molecule has 6 nitrogen and oxygen atoms in total. The number of nitrogens with zero attached hydrogens (tertiary/aromatic N) is 5. The van der Waals surface area contributed by atoms with Crippen LogP contribution in [0.5, 0.6) is 0 Å². The second-order valence-corrected chi connectivity index (χ2v) is 5.11. The third-order valence-electron chi connectivity index (χ3n) is 3.02. The van der Waals surface area contributed by atoms with Crippen molar-refractivity contribution in [2.45, 2.75) is 42.9 Å². The van der Waals surface area contributed by atoms with Gasteiger partial charge in [0, 0.05) is 5.75 Å². The molecule has 0 aliphatic heterocycles. The summed E-state index contributed by atoms with van der Waals surface area (Å²) in [5.41, 5.74) is 0. The van der Waals surface area contributed by atoms with Crippen LogP contribution in [0.4, 0.5) is 0 Å². The second-order valence-electron chi connectivity index (χ2n) is 4.13. The fourth-order valence-electron chi connectivity index (χ4n) is 2.00. The minimum atomic E-state index is -0.159. The topological polar surface area (TPSA) is 79.4 Å². The average Bonchev–Trinajstić information content (AvgIpc) is 3.00. The first-order valence-electron chi connectivity index (χ1n) is 5.82. The van der Waals surface area contributed by atoms with Gasteiger partial charge in [-0.15, -0.1) is 5.10 Å². The molecule has 1 aliphatic carbocycles. The molecule has 7 heteroatoms. The zero-order valence-corrected chi connectivity index (χ0v) is 10.7. The number of hydrogen-bond donors (Lipinski definition) is 1. The summed E-state index contributed by atoms with van der Waals surface area (Å²) in [7, 11) is 1.79. The molecule has 0 bridgehead atoms. The molecular weight excluding hydrogens is 236 g/mol. The summed E-state index contributed by atoms with van der Waals surface area (Å²) < 4.78 is 1.92. The lowest BCUT2D eigenvalue weighted by atomic mass is 10.3. The van der Waals surface area contributed by atoms with E-state index in [4.69, 9.17) is 5.26 Å². The van der Waals surface area contributed by atoms with E-state index in [0.29, 0.717) is 11.8 Å². The van der Waals surface area contributed by atoms with Crippen molar-refractivity contribution >= 4 is 11.8 Å². The molecule has 2 rings (SSSR count).